The molecule has 2 aromatic heterocycles. The molecule has 0 spiro atoms. The average Bonchev–Trinajstić information content (AvgIpc) is 2.42. The van der Waals surface area contributed by atoms with Crippen LogP contribution in [0, 0.1) is 6.92 Å². The highest BCUT2D eigenvalue weighted by atomic mass is 32.1. The second kappa shape index (κ2) is 3.53. The molecular formula is C10H13N3S. The summed E-state index contributed by atoms with van der Waals surface area (Å²) in [5, 5.41) is 4.34. The molecule has 0 amide bonds. The Bertz CT molecular complexity index is 448. The summed E-state index contributed by atoms with van der Waals surface area (Å²) >= 11 is 1.63. The van der Waals surface area contributed by atoms with E-state index in [1.165, 1.54) is 0 Å². The molecule has 0 atom stereocenters. The number of thiazole rings is 1. The number of nitrogens with zero attached hydrogens (tertiary/aromatic N) is 2. The van der Waals surface area contributed by atoms with E-state index in [1.54, 1.807) is 11.3 Å². The topological polar surface area (TPSA) is 37.8 Å². The van der Waals surface area contributed by atoms with E-state index in [1.807, 2.05) is 19.1 Å². The van der Waals surface area contributed by atoms with Crippen molar-refractivity contribution < 1.29 is 0 Å². The zero-order chi connectivity index (χ0) is 10.1. The molecule has 2 rings (SSSR count). The van der Waals surface area contributed by atoms with Crippen LogP contribution in [0.2, 0.25) is 0 Å². The van der Waals surface area contributed by atoms with Gasteiger partial charge in [-0.2, -0.15) is 0 Å². The molecule has 0 saturated carbocycles. The highest BCUT2D eigenvalue weighted by Crippen LogP contribution is 2.21. The summed E-state index contributed by atoms with van der Waals surface area (Å²) in [5.41, 5.74) is 0.988. The third-order valence-electron chi connectivity index (χ3n) is 1.80. The molecule has 0 aliphatic rings. The number of hydrogen-bond acceptors (Lipinski definition) is 4. The van der Waals surface area contributed by atoms with Crippen molar-refractivity contribution in [2.24, 2.45) is 0 Å². The van der Waals surface area contributed by atoms with Crippen LogP contribution in [0.5, 0.6) is 0 Å². The maximum atomic E-state index is 4.48. The summed E-state index contributed by atoms with van der Waals surface area (Å²) in [6, 6.07) is 4.40. The molecule has 2 aromatic rings. The Labute approximate surface area is 87.2 Å². The summed E-state index contributed by atoms with van der Waals surface area (Å²) in [7, 11) is 0. The molecular weight excluding hydrogens is 194 g/mol. The summed E-state index contributed by atoms with van der Waals surface area (Å²) in [6.45, 7) is 6.20. The lowest BCUT2D eigenvalue weighted by Crippen LogP contribution is -2.10. The predicted molar refractivity (Wildman–Crippen MR) is 60.9 cm³/mol. The van der Waals surface area contributed by atoms with Crippen LogP contribution in [0.25, 0.3) is 10.3 Å². The third kappa shape index (κ3) is 1.85. The SMILES string of the molecule is Cc1nc2ccc(NC(C)C)nc2s1. The number of pyridine rings is 1. The number of nitrogens with one attached hydrogen (secondary N) is 1. The van der Waals surface area contributed by atoms with E-state index in [-0.39, 0.29) is 0 Å². The summed E-state index contributed by atoms with van der Waals surface area (Å²) < 4.78 is 0. The maximum Gasteiger partial charge on any atom is 0.145 e. The Balaban J connectivity index is 2.40. The average molecular weight is 207 g/mol. The highest BCUT2D eigenvalue weighted by Gasteiger charge is 2.03. The fourth-order valence-corrected chi connectivity index (χ4v) is 2.09. The Morgan fingerprint density at radius 3 is 2.79 bits per heavy atom. The minimum atomic E-state index is 0.411. The smallest absolute Gasteiger partial charge is 0.145 e. The van der Waals surface area contributed by atoms with Gasteiger partial charge in [0, 0.05) is 6.04 Å². The molecule has 14 heavy (non-hydrogen) atoms. The van der Waals surface area contributed by atoms with Gasteiger partial charge in [-0.15, -0.1) is 0 Å². The van der Waals surface area contributed by atoms with Gasteiger partial charge in [0.25, 0.3) is 0 Å². The largest absolute Gasteiger partial charge is 0.368 e. The van der Waals surface area contributed by atoms with E-state index in [4.69, 9.17) is 0 Å². The first-order valence-electron chi connectivity index (χ1n) is 4.66. The fourth-order valence-electron chi connectivity index (χ4n) is 1.30. The van der Waals surface area contributed by atoms with Crippen molar-refractivity contribution in [2.75, 3.05) is 5.32 Å². The second-order valence-corrected chi connectivity index (χ2v) is 4.73. The minimum absolute atomic E-state index is 0.411. The van der Waals surface area contributed by atoms with E-state index in [0.717, 1.165) is 21.2 Å². The molecule has 1 N–H and O–H groups in total. The number of fused-ring (bicyclic) bond motifs is 1. The van der Waals surface area contributed by atoms with Gasteiger partial charge in [0.1, 0.15) is 16.2 Å². The van der Waals surface area contributed by atoms with Gasteiger partial charge >= 0.3 is 0 Å². The number of aromatic nitrogens is 2. The van der Waals surface area contributed by atoms with Crippen LogP contribution in [-0.4, -0.2) is 16.0 Å². The van der Waals surface area contributed by atoms with Crippen molar-refractivity contribution in [2.45, 2.75) is 26.8 Å². The van der Waals surface area contributed by atoms with Gasteiger partial charge in [0.15, 0.2) is 0 Å². The Kier molecular flexibility index (Phi) is 2.37. The van der Waals surface area contributed by atoms with Crippen LogP contribution >= 0.6 is 11.3 Å². The van der Waals surface area contributed by atoms with E-state index in [0.29, 0.717) is 6.04 Å². The first-order chi connectivity index (χ1) is 6.65. The lowest BCUT2D eigenvalue weighted by Gasteiger charge is -2.07. The van der Waals surface area contributed by atoms with Crippen LogP contribution in [0.15, 0.2) is 12.1 Å². The molecule has 0 aliphatic heterocycles. The Hall–Kier alpha value is -1.16. The number of anilines is 1. The molecule has 0 fully saturated rings. The van der Waals surface area contributed by atoms with E-state index >= 15 is 0 Å². The number of aryl methyl sites for hydroxylation is 1. The zero-order valence-electron chi connectivity index (χ0n) is 8.53. The van der Waals surface area contributed by atoms with Gasteiger partial charge in [-0.1, -0.05) is 11.3 Å². The van der Waals surface area contributed by atoms with Crippen LogP contribution in [0.4, 0.5) is 5.82 Å². The van der Waals surface area contributed by atoms with Crippen molar-refractivity contribution in [1.82, 2.24) is 9.97 Å². The molecule has 4 heteroatoms. The van der Waals surface area contributed by atoms with Crippen LogP contribution in [0.1, 0.15) is 18.9 Å². The van der Waals surface area contributed by atoms with Gasteiger partial charge in [0.2, 0.25) is 0 Å². The van der Waals surface area contributed by atoms with Crippen LogP contribution in [0.3, 0.4) is 0 Å². The summed E-state index contributed by atoms with van der Waals surface area (Å²) in [4.78, 5) is 9.85. The van der Waals surface area contributed by atoms with Crippen LogP contribution < -0.4 is 5.32 Å². The fraction of sp³-hybridized carbons (Fsp3) is 0.400. The predicted octanol–water partition coefficient (Wildman–Crippen LogP) is 2.82. The number of hydrogen-bond donors (Lipinski definition) is 1. The van der Waals surface area contributed by atoms with Crippen molar-refractivity contribution in [3.05, 3.63) is 17.1 Å². The van der Waals surface area contributed by atoms with Gasteiger partial charge in [-0.3, -0.25) is 0 Å². The van der Waals surface area contributed by atoms with E-state index in [9.17, 15) is 0 Å². The Morgan fingerprint density at radius 1 is 1.29 bits per heavy atom. The van der Waals surface area contributed by atoms with Crippen molar-refractivity contribution in [3.63, 3.8) is 0 Å². The van der Waals surface area contributed by atoms with Gasteiger partial charge in [0.05, 0.1) is 5.01 Å². The molecule has 0 saturated heterocycles. The van der Waals surface area contributed by atoms with Crippen molar-refractivity contribution >= 4 is 27.5 Å². The first-order valence-corrected chi connectivity index (χ1v) is 5.47. The molecule has 2 heterocycles. The lowest BCUT2D eigenvalue weighted by molar-refractivity contribution is 0.891. The van der Waals surface area contributed by atoms with Gasteiger partial charge in [-0.25, -0.2) is 9.97 Å². The van der Waals surface area contributed by atoms with Crippen LogP contribution in [-0.2, 0) is 0 Å². The molecule has 0 aromatic carbocycles. The summed E-state index contributed by atoms with van der Waals surface area (Å²) in [6.07, 6.45) is 0. The monoisotopic (exact) mass is 207 g/mol. The number of rotatable bonds is 2. The van der Waals surface area contributed by atoms with Gasteiger partial charge < -0.3 is 5.32 Å². The minimum Gasteiger partial charge on any atom is -0.368 e. The van der Waals surface area contributed by atoms with E-state index in [2.05, 4.69) is 29.1 Å². The molecule has 3 nitrogen and oxygen atoms in total. The highest BCUT2D eigenvalue weighted by molar-refractivity contribution is 7.18. The first kappa shape index (κ1) is 9.40. The standard InChI is InChI=1S/C10H13N3S/c1-6(2)11-9-5-4-8-10(13-9)14-7(3)12-8/h4-6H,1-3H3,(H,11,13). The molecule has 0 bridgehead atoms. The van der Waals surface area contributed by atoms with Crippen molar-refractivity contribution in [1.29, 1.82) is 0 Å². The normalized spacial score (nSPS) is 11.1. The quantitative estimate of drug-likeness (QED) is 0.822. The van der Waals surface area contributed by atoms with E-state index < -0.39 is 0 Å². The van der Waals surface area contributed by atoms with Crippen molar-refractivity contribution in [3.8, 4) is 0 Å². The molecule has 74 valence electrons. The maximum absolute atomic E-state index is 4.48. The third-order valence-corrected chi connectivity index (χ3v) is 2.68. The second-order valence-electron chi connectivity index (χ2n) is 3.55. The zero-order valence-corrected chi connectivity index (χ0v) is 9.35. The lowest BCUT2D eigenvalue weighted by atomic mass is 10.3. The molecule has 0 radical (unpaired) electrons. The van der Waals surface area contributed by atoms with Gasteiger partial charge in [-0.05, 0) is 32.9 Å². The molecule has 0 aliphatic carbocycles. The Morgan fingerprint density at radius 2 is 2.07 bits per heavy atom. The molecule has 0 unspecified atom stereocenters. The summed E-state index contributed by atoms with van der Waals surface area (Å²) in [5.74, 6) is 0.927.